The van der Waals surface area contributed by atoms with E-state index in [9.17, 15) is 45.3 Å². The van der Waals surface area contributed by atoms with E-state index in [4.69, 9.17) is 23.7 Å². The average Bonchev–Trinajstić information content (AvgIpc) is 3.62. The number of aliphatic hydroxyl groups excluding tert-OH is 6. The molecular formula is C35H52O14. The van der Waals surface area contributed by atoms with Crippen LogP contribution in [0, 0.1) is 28.6 Å². The zero-order valence-electron chi connectivity index (χ0n) is 28.3. The normalized spacial score (nSPS) is 55.9. The number of carbonyl (C=O) groups excluding carboxylic acids is 2. The van der Waals surface area contributed by atoms with Crippen molar-refractivity contribution in [1.29, 1.82) is 0 Å². The van der Waals surface area contributed by atoms with Crippen LogP contribution in [0.15, 0.2) is 11.6 Å². The third-order valence-corrected chi connectivity index (χ3v) is 14.1. The molecule has 4 aliphatic carbocycles. The van der Waals surface area contributed by atoms with Crippen molar-refractivity contribution >= 4 is 12.3 Å². The van der Waals surface area contributed by atoms with E-state index in [1.54, 1.807) is 19.9 Å². The van der Waals surface area contributed by atoms with E-state index in [1.165, 1.54) is 0 Å². The molecule has 2 saturated heterocycles. The predicted molar refractivity (Wildman–Crippen MR) is 166 cm³/mol. The van der Waals surface area contributed by atoms with Gasteiger partial charge in [-0.1, -0.05) is 6.92 Å². The highest BCUT2D eigenvalue weighted by atomic mass is 16.7. The summed E-state index contributed by atoms with van der Waals surface area (Å²) in [5, 5.41) is 76.2. The summed E-state index contributed by atoms with van der Waals surface area (Å²) in [6, 6.07) is 0. The molecule has 276 valence electrons. The summed E-state index contributed by atoms with van der Waals surface area (Å²) < 4.78 is 29.9. The molecule has 3 heterocycles. The molecule has 0 amide bonds. The highest BCUT2D eigenvalue weighted by Gasteiger charge is 2.73. The number of ether oxygens (including phenoxy) is 5. The van der Waals surface area contributed by atoms with Crippen LogP contribution in [0.25, 0.3) is 0 Å². The number of aldehydes is 1. The largest absolute Gasteiger partial charge is 0.458 e. The molecular weight excluding hydrogens is 644 g/mol. The van der Waals surface area contributed by atoms with Crippen LogP contribution in [0.2, 0.25) is 0 Å². The highest BCUT2D eigenvalue weighted by Crippen LogP contribution is 2.71. The molecule has 7 N–H and O–H groups in total. The predicted octanol–water partition coefficient (Wildman–Crippen LogP) is -0.398. The summed E-state index contributed by atoms with van der Waals surface area (Å²) in [4.78, 5) is 25.7. The Balaban J connectivity index is 1.22. The van der Waals surface area contributed by atoms with Crippen LogP contribution < -0.4 is 0 Å². The number of esters is 1. The van der Waals surface area contributed by atoms with Crippen molar-refractivity contribution in [3.05, 3.63) is 11.6 Å². The molecule has 6 fully saturated rings. The van der Waals surface area contributed by atoms with Crippen molar-refractivity contribution in [1.82, 2.24) is 0 Å². The highest BCUT2D eigenvalue weighted by molar-refractivity contribution is 5.85. The van der Waals surface area contributed by atoms with Gasteiger partial charge in [-0.05, 0) is 88.5 Å². The molecule has 0 aromatic heterocycles. The number of aliphatic hydroxyl groups is 7. The topological polar surface area (TPSA) is 222 Å². The maximum atomic E-state index is 13.8. The van der Waals surface area contributed by atoms with Crippen LogP contribution in [0.3, 0.4) is 0 Å². The maximum absolute atomic E-state index is 13.8. The minimum Gasteiger partial charge on any atom is -0.458 e. The second-order valence-corrected chi connectivity index (χ2v) is 16.2. The van der Waals surface area contributed by atoms with Gasteiger partial charge in [0.15, 0.2) is 12.6 Å². The molecule has 14 heteroatoms. The summed E-state index contributed by atoms with van der Waals surface area (Å²) in [7, 11) is 0. The Morgan fingerprint density at radius 3 is 2.06 bits per heavy atom. The number of carbonyl (C=O) groups is 2. The lowest BCUT2D eigenvalue weighted by Gasteiger charge is -2.66. The van der Waals surface area contributed by atoms with Crippen LogP contribution >= 0.6 is 0 Å². The fraction of sp³-hybridized carbons (Fsp3) is 0.886. The molecule has 7 aliphatic rings. The number of hydrogen-bond donors (Lipinski definition) is 7. The first kappa shape index (κ1) is 35.8. The fourth-order valence-electron chi connectivity index (χ4n) is 11.3. The van der Waals surface area contributed by atoms with Gasteiger partial charge in [0.05, 0.1) is 34.9 Å². The van der Waals surface area contributed by atoms with Crippen LogP contribution in [-0.4, -0.2) is 133 Å². The molecule has 0 spiro atoms. The van der Waals surface area contributed by atoms with Crippen molar-refractivity contribution in [2.75, 3.05) is 6.61 Å². The molecule has 49 heavy (non-hydrogen) atoms. The molecule has 1 unspecified atom stereocenters. The Morgan fingerprint density at radius 1 is 0.796 bits per heavy atom. The number of rotatable bonds is 6. The summed E-state index contributed by atoms with van der Waals surface area (Å²) in [5.74, 6) is -1.01. The minimum atomic E-state index is -1.62. The molecule has 0 bridgehead atoms. The van der Waals surface area contributed by atoms with E-state index in [-0.39, 0.29) is 49.6 Å². The second-order valence-electron chi connectivity index (χ2n) is 16.2. The minimum absolute atomic E-state index is 0.0393. The Morgan fingerprint density at radius 2 is 1.43 bits per heavy atom. The number of cyclic esters (lactones) is 1. The van der Waals surface area contributed by atoms with Gasteiger partial charge < -0.3 is 64.2 Å². The van der Waals surface area contributed by atoms with Gasteiger partial charge in [0, 0.05) is 17.9 Å². The zero-order chi connectivity index (χ0) is 35.3. The lowest BCUT2D eigenvalue weighted by molar-refractivity contribution is -0.364. The molecule has 7 rings (SSSR count). The molecule has 18 atom stereocenters. The van der Waals surface area contributed by atoms with Gasteiger partial charge in [0.25, 0.3) is 0 Å². The van der Waals surface area contributed by atoms with E-state index in [1.807, 2.05) is 0 Å². The number of hydrogen-bond acceptors (Lipinski definition) is 14. The second kappa shape index (κ2) is 12.5. The SMILES string of the molecule is C[C@@H]1O[C@@H](O[C@H]2CC[C@]3(C=O)C4CC[C@]5(C)[C@@H](C6=CC(=O)OC6)CC[C@]5(O)[C@@H]4CC[C@]3(O[C@H]3O[C@H](C)[C@@H](O)[C@H](O)[C@@H]3O)C2)[C@H](O)[C@H](O)[C@H]1O. The van der Waals surface area contributed by atoms with Gasteiger partial charge >= 0.3 is 5.97 Å². The number of fused-ring (bicyclic) bond motifs is 5. The third-order valence-electron chi connectivity index (χ3n) is 14.1. The van der Waals surface area contributed by atoms with Crippen LogP contribution in [-0.2, 0) is 33.3 Å². The summed E-state index contributed by atoms with van der Waals surface area (Å²) in [6.45, 7) is 5.42. The van der Waals surface area contributed by atoms with E-state index in [0.717, 1.165) is 11.9 Å². The van der Waals surface area contributed by atoms with Crippen LogP contribution in [0.4, 0.5) is 0 Å². The van der Waals surface area contributed by atoms with Crippen molar-refractivity contribution in [3.63, 3.8) is 0 Å². The Kier molecular flexibility index (Phi) is 9.17. The quantitative estimate of drug-likeness (QED) is 0.107. The van der Waals surface area contributed by atoms with Crippen molar-refractivity contribution in [3.8, 4) is 0 Å². The third kappa shape index (κ3) is 5.23. The Labute approximate surface area is 285 Å². The first-order valence-electron chi connectivity index (χ1n) is 17.9. The molecule has 0 radical (unpaired) electrons. The molecule has 0 aromatic carbocycles. The van der Waals surface area contributed by atoms with Gasteiger partial charge in [-0.15, -0.1) is 0 Å². The summed E-state index contributed by atoms with van der Waals surface area (Å²) in [6.07, 6.45) is -7.55. The summed E-state index contributed by atoms with van der Waals surface area (Å²) >= 11 is 0. The first-order valence-corrected chi connectivity index (χ1v) is 17.9. The van der Waals surface area contributed by atoms with Crippen molar-refractivity contribution < 1.29 is 69.0 Å². The van der Waals surface area contributed by atoms with Crippen LogP contribution in [0.5, 0.6) is 0 Å². The van der Waals surface area contributed by atoms with Crippen molar-refractivity contribution in [2.24, 2.45) is 28.6 Å². The van der Waals surface area contributed by atoms with Gasteiger partial charge in [0.1, 0.15) is 49.5 Å². The lowest BCUT2D eigenvalue weighted by atomic mass is 9.41. The summed E-state index contributed by atoms with van der Waals surface area (Å²) in [5.41, 5.74) is -3.26. The van der Waals surface area contributed by atoms with Crippen LogP contribution in [0.1, 0.15) is 78.6 Å². The van der Waals surface area contributed by atoms with E-state index in [0.29, 0.717) is 38.5 Å². The van der Waals surface area contributed by atoms with Gasteiger partial charge in [-0.25, -0.2) is 4.79 Å². The molecule has 4 saturated carbocycles. The van der Waals surface area contributed by atoms with Crippen molar-refractivity contribution in [2.45, 2.75) is 157 Å². The standard InChI is InChI=1S/C35H52O14/c1-16-24(38)26(40)28(42)30(46-16)48-19-4-9-33(15-36)21-5-8-32(3)20(18-12-23(37)45-14-18)7-11-35(32,44)22(21)6-10-34(33,13-19)49-31-29(43)27(41)25(39)17(2)47-31/h12,15-17,19-22,24-31,38-44H,4-11,13-14H2,1-3H3/t16-,17+,19-,20+,21?,22+,24-,25+,26+,27-,28+,29-,30-,31+,32+,33-,34-,35-/m0/s1. The van der Waals surface area contributed by atoms with E-state index >= 15 is 0 Å². The van der Waals surface area contributed by atoms with Gasteiger partial charge in [-0.3, -0.25) is 0 Å². The molecule has 3 aliphatic heterocycles. The monoisotopic (exact) mass is 696 g/mol. The smallest absolute Gasteiger partial charge is 0.331 e. The Hall–Kier alpha value is -1.56. The first-order chi connectivity index (χ1) is 23.1. The average molecular weight is 697 g/mol. The fourth-order valence-corrected chi connectivity index (χ4v) is 11.3. The zero-order valence-corrected chi connectivity index (χ0v) is 28.3. The van der Waals surface area contributed by atoms with Gasteiger partial charge in [0.2, 0.25) is 0 Å². The molecule has 0 aromatic rings. The van der Waals surface area contributed by atoms with E-state index in [2.05, 4.69) is 6.92 Å². The Bertz CT molecular complexity index is 1330. The maximum Gasteiger partial charge on any atom is 0.331 e. The van der Waals surface area contributed by atoms with E-state index < -0.39 is 89.5 Å². The van der Waals surface area contributed by atoms with Gasteiger partial charge in [-0.2, -0.15) is 0 Å². The lowest BCUT2D eigenvalue weighted by Crippen LogP contribution is -2.71. The molecule has 14 nitrogen and oxygen atoms in total.